The van der Waals surface area contributed by atoms with E-state index in [4.69, 9.17) is 0 Å². The SMILES string of the molecule is CC1=CC(C)CN(S(=O)(=O)CC2CC2)C1. The Balaban J connectivity index is 2.06. The van der Waals surface area contributed by atoms with E-state index in [0.29, 0.717) is 30.7 Å². The molecule has 1 aliphatic carbocycles. The largest absolute Gasteiger partial charge is 0.214 e. The van der Waals surface area contributed by atoms with Crippen molar-refractivity contribution in [2.45, 2.75) is 26.7 Å². The first kappa shape index (κ1) is 11.1. The van der Waals surface area contributed by atoms with E-state index >= 15 is 0 Å². The van der Waals surface area contributed by atoms with Gasteiger partial charge in [-0.3, -0.25) is 0 Å². The molecule has 0 bridgehead atoms. The van der Waals surface area contributed by atoms with Gasteiger partial charge in [-0.25, -0.2) is 8.42 Å². The Morgan fingerprint density at radius 2 is 2.13 bits per heavy atom. The molecular formula is C11H19NO2S. The van der Waals surface area contributed by atoms with Crippen molar-refractivity contribution >= 4 is 10.0 Å². The molecule has 4 heteroatoms. The van der Waals surface area contributed by atoms with Crippen molar-refractivity contribution in [1.29, 1.82) is 0 Å². The molecule has 0 radical (unpaired) electrons. The Morgan fingerprint density at radius 1 is 1.47 bits per heavy atom. The van der Waals surface area contributed by atoms with Gasteiger partial charge in [0.25, 0.3) is 0 Å². The predicted molar refractivity (Wildman–Crippen MR) is 61.0 cm³/mol. The molecule has 15 heavy (non-hydrogen) atoms. The second-order valence-electron chi connectivity index (χ2n) is 5.00. The maximum Gasteiger partial charge on any atom is 0.214 e. The van der Waals surface area contributed by atoms with Crippen molar-refractivity contribution in [3.63, 3.8) is 0 Å². The van der Waals surface area contributed by atoms with Gasteiger partial charge in [0.2, 0.25) is 10.0 Å². The topological polar surface area (TPSA) is 37.4 Å². The average Bonchev–Trinajstić information content (AvgIpc) is 2.85. The molecule has 2 aliphatic rings. The van der Waals surface area contributed by atoms with Gasteiger partial charge in [-0.15, -0.1) is 0 Å². The lowest BCUT2D eigenvalue weighted by Crippen LogP contribution is -2.40. The van der Waals surface area contributed by atoms with Gasteiger partial charge in [-0.05, 0) is 31.6 Å². The van der Waals surface area contributed by atoms with Gasteiger partial charge < -0.3 is 0 Å². The number of nitrogens with zero attached hydrogens (tertiary/aromatic N) is 1. The Labute approximate surface area is 92.2 Å². The number of hydrogen-bond donors (Lipinski definition) is 0. The van der Waals surface area contributed by atoms with Crippen LogP contribution in [-0.4, -0.2) is 31.6 Å². The van der Waals surface area contributed by atoms with Crippen LogP contribution in [0.3, 0.4) is 0 Å². The maximum atomic E-state index is 12.0. The molecule has 1 unspecified atom stereocenters. The quantitative estimate of drug-likeness (QED) is 0.690. The minimum absolute atomic E-state index is 0.354. The van der Waals surface area contributed by atoms with Gasteiger partial charge in [0.05, 0.1) is 5.75 Å². The van der Waals surface area contributed by atoms with E-state index in [9.17, 15) is 8.42 Å². The molecule has 0 aromatic rings. The number of sulfonamides is 1. The highest BCUT2D eigenvalue weighted by Gasteiger charge is 2.33. The van der Waals surface area contributed by atoms with E-state index in [0.717, 1.165) is 12.8 Å². The van der Waals surface area contributed by atoms with Crippen LogP contribution in [0.15, 0.2) is 11.6 Å². The van der Waals surface area contributed by atoms with Crippen LogP contribution in [0.1, 0.15) is 26.7 Å². The first-order valence-electron chi connectivity index (χ1n) is 5.62. The number of rotatable bonds is 3. The van der Waals surface area contributed by atoms with E-state index in [2.05, 4.69) is 13.0 Å². The fourth-order valence-electron chi connectivity index (χ4n) is 2.15. The highest BCUT2D eigenvalue weighted by atomic mass is 32.2. The molecule has 1 atom stereocenters. The molecule has 0 N–H and O–H groups in total. The molecule has 86 valence electrons. The smallest absolute Gasteiger partial charge is 0.212 e. The third-order valence-electron chi connectivity index (χ3n) is 3.02. The second-order valence-corrected chi connectivity index (χ2v) is 7.02. The molecule has 0 amide bonds. The zero-order chi connectivity index (χ0) is 11.1. The first-order chi connectivity index (χ1) is 6.97. The van der Waals surface area contributed by atoms with Crippen LogP contribution in [0, 0.1) is 11.8 Å². The summed E-state index contributed by atoms with van der Waals surface area (Å²) in [6.07, 6.45) is 4.36. The summed E-state index contributed by atoms with van der Waals surface area (Å²) >= 11 is 0. The Morgan fingerprint density at radius 3 is 2.67 bits per heavy atom. The Kier molecular flexibility index (Phi) is 2.90. The minimum Gasteiger partial charge on any atom is -0.212 e. The Bertz CT molecular complexity index is 368. The van der Waals surface area contributed by atoms with E-state index in [1.54, 1.807) is 4.31 Å². The summed E-state index contributed by atoms with van der Waals surface area (Å²) in [6.45, 7) is 5.34. The minimum atomic E-state index is -2.99. The molecule has 2 rings (SSSR count). The molecule has 0 aromatic heterocycles. The zero-order valence-corrected chi connectivity index (χ0v) is 10.3. The molecule has 1 aliphatic heterocycles. The summed E-state index contributed by atoms with van der Waals surface area (Å²) in [7, 11) is -2.99. The zero-order valence-electron chi connectivity index (χ0n) is 9.44. The van der Waals surface area contributed by atoms with Crippen LogP contribution in [0.5, 0.6) is 0 Å². The summed E-state index contributed by atoms with van der Waals surface area (Å²) in [5, 5.41) is 0. The third-order valence-corrected chi connectivity index (χ3v) is 4.98. The molecule has 1 heterocycles. The summed E-state index contributed by atoms with van der Waals surface area (Å²) in [5.41, 5.74) is 1.17. The molecule has 0 spiro atoms. The Hall–Kier alpha value is -0.350. The van der Waals surface area contributed by atoms with Crippen molar-refractivity contribution in [1.82, 2.24) is 4.31 Å². The van der Waals surface area contributed by atoms with Crippen molar-refractivity contribution in [2.24, 2.45) is 11.8 Å². The molecular weight excluding hydrogens is 210 g/mol. The van der Waals surface area contributed by atoms with Gasteiger partial charge in [0, 0.05) is 13.1 Å². The van der Waals surface area contributed by atoms with E-state index < -0.39 is 10.0 Å². The molecule has 0 saturated heterocycles. The summed E-state index contributed by atoms with van der Waals surface area (Å²) in [6, 6.07) is 0. The summed E-state index contributed by atoms with van der Waals surface area (Å²) < 4.78 is 25.7. The van der Waals surface area contributed by atoms with Gasteiger partial charge in [-0.1, -0.05) is 18.6 Å². The highest BCUT2D eigenvalue weighted by molar-refractivity contribution is 7.89. The highest BCUT2D eigenvalue weighted by Crippen LogP contribution is 2.32. The van der Waals surface area contributed by atoms with Crippen molar-refractivity contribution in [3.05, 3.63) is 11.6 Å². The average molecular weight is 229 g/mol. The van der Waals surface area contributed by atoms with Crippen molar-refractivity contribution in [3.8, 4) is 0 Å². The van der Waals surface area contributed by atoms with E-state index in [1.807, 2.05) is 6.92 Å². The standard InChI is InChI=1S/C11H19NO2S/c1-9-5-10(2)7-12(6-9)15(13,14)8-11-3-4-11/h5,9,11H,3-4,6-8H2,1-2H3. The van der Waals surface area contributed by atoms with Crippen LogP contribution in [0.2, 0.25) is 0 Å². The van der Waals surface area contributed by atoms with Crippen molar-refractivity contribution in [2.75, 3.05) is 18.8 Å². The first-order valence-corrected chi connectivity index (χ1v) is 7.23. The lowest BCUT2D eigenvalue weighted by atomic mass is 10.1. The van der Waals surface area contributed by atoms with Crippen LogP contribution in [0.4, 0.5) is 0 Å². The lowest BCUT2D eigenvalue weighted by molar-refractivity contribution is 0.383. The summed E-state index contributed by atoms with van der Waals surface area (Å²) in [4.78, 5) is 0. The molecule has 1 fully saturated rings. The van der Waals surface area contributed by atoms with Gasteiger partial charge in [-0.2, -0.15) is 4.31 Å². The van der Waals surface area contributed by atoms with Gasteiger partial charge in [0.15, 0.2) is 0 Å². The molecule has 3 nitrogen and oxygen atoms in total. The van der Waals surface area contributed by atoms with Crippen LogP contribution >= 0.6 is 0 Å². The third kappa shape index (κ3) is 2.82. The van der Waals surface area contributed by atoms with Gasteiger partial charge >= 0.3 is 0 Å². The lowest BCUT2D eigenvalue weighted by Gasteiger charge is -2.28. The monoisotopic (exact) mass is 229 g/mol. The van der Waals surface area contributed by atoms with Crippen LogP contribution in [-0.2, 0) is 10.0 Å². The predicted octanol–water partition coefficient (Wildman–Crippen LogP) is 1.62. The van der Waals surface area contributed by atoms with Crippen LogP contribution < -0.4 is 0 Å². The van der Waals surface area contributed by atoms with Crippen molar-refractivity contribution < 1.29 is 8.42 Å². The molecule has 0 aromatic carbocycles. The van der Waals surface area contributed by atoms with Crippen LogP contribution in [0.25, 0.3) is 0 Å². The summed E-state index contributed by atoms with van der Waals surface area (Å²) in [5.74, 6) is 1.16. The second kappa shape index (κ2) is 3.91. The van der Waals surface area contributed by atoms with E-state index in [-0.39, 0.29) is 0 Å². The molecule has 1 saturated carbocycles. The fourth-order valence-corrected chi connectivity index (χ4v) is 4.16. The maximum absolute atomic E-state index is 12.0. The normalized spacial score (nSPS) is 28.9. The van der Waals surface area contributed by atoms with Gasteiger partial charge in [0.1, 0.15) is 0 Å². The van der Waals surface area contributed by atoms with E-state index in [1.165, 1.54) is 5.57 Å². The fraction of sp³-hybridized carbons (Fsp3) is 0.818. The number of hydrogen-bond acceptors (Lipinski definition) is 2.